The number of alkyl halides is 2. The topological polar surface area (TPSA) is 54.4 Å². The number of aliphatic hydroxyl groups excluding tert-OH is 1. The minimum atomic E-state index is -3.52. The molecule has 0 saturated carbocycles. The van der Waals surface area contributed by atoms with Crippen molar-refractivity contribution in [2.24, 2.45) is 0 Å². The van der Waals surface area contributed by atoms with Crippen LogP contribution in [-0.2, 0) is 9.84 Å². The highest BCUT2D eigenvalue weighted by Gasteiger charge is 2.39. The molecular weight excluding hydrogens is 348 g/mol. The Balaban J connectivity index is 5.12. The number of hydrogen-bond acceptors (Lipinski definition) is 3. The molecule has 0 amide bonds. The molecule has 0 saturated heterocycles. The Labute approximate surface area is 107 Å². The van der Waals surface area contributed by atoms with Crippen LogP contribution in [-0.4, -0.2) is 21.3 Å². The van der Waals surface area contributed by atoms with Gasteiger partial charge in [0.1, 0.15) is 11.0 Å². The van der Waals surface area contributed by atoms with Crippen LogP contribution in [0.2, 0.25) is 0 Å². The van der Waals surface area contributed by atoms with Crippen molar-refractivity contribution >= 4 is 41.7 Å². The number of allylic oxidation sites excluding steroid dienone is 3. The number of aliphatic hydroxyl groups is 1. The molecule has 0 radical (unpaired) electrons. The third-order valence-corrected chi connectivity index (χ3v) is 6.72. The van der Waals surface area contributed by atoms with Crippen molar-refractivity contribution in [1.29, 1.82) is 0 Å². The van der Waals surface area contributed by atoms with Crippen molar-refractivity contribution in [3.8, 4) is 0 Å². The number of halogens is 2. The van der Waals surface area contributed by atoms with E-state index in [-0.39, 0.29) is 5.76 Å². The molecule has 0 heterocycles. The number of sulfone groups is 1. The van der Waals surface area contributed by atoms with Crippen molar-refractivity contribution in [2.45, 2.75) is 28.6 Å². The summed E-state index contributed by atoms with van der Waals surface area (Å²) in [6.07, 6.45) is 4.66. The second-order valence-corrected chi connectivity index (χ2v) is 11.0. The van der Waals surface area contributed by atoms with Gasteiger partial charge in [0.15, 0.2) is 12.4 Å². The van der Waals surface area contributed by atoms with E-state index in [0.717, 1.165) is 0 Å². The molecule has 3 nitrogen and oxygen atoms in total. The van der Waals surface area contributed by atoms with Crippen LogP contribution in [0.5, 0.6) is 0 Å². The molecule has 1 atom stereocenters. The fourth-order valence-electron chi connectivity index (χ4n) is 0.800. The van der Waals surface area contributed by atoms with Gasteiger partial charge >= 0.3 is 0 Å². The van der Waals surface area contributed by atoms with Crippen LogP contribution in [0.1, 0.15) is 20.8 Å². The third-order valence-electron chi connectivity index (χ3n) is 1.84. The predicted octanol–water partition coefficient (Wildman–Crippen LogP) is 3.27. The van der Waals surface area contributed by atoms with Crippen molar-refractivity contribution in [1.82, 2.24) is 0 Å². The first-order valence-electron chi connectivity index (χ1n) is 4.27. The van der Waals surface area contributed by atoms with Gasteiger partial charge in [0.2, 0.25) is 0 Å². The predicted molar refractivity (Wildman–Crippen MR) is 70.2 cm³/mol. The summed E-state index contributed by atoms with van der Waals surface area (Å²) in [7, 11) is -3.52. The van der Waals surface area contributed by atoms with Crippen LogP contribution in [0.3, 0.4) is 0 Å². The lowest BCUT2D eigenvalue weighted by molar-refractivity contribution is 0.393. The van der Waals surface area contributed by atoms with Crippen LogP contribution >= 0.6 is 31.9 Å². The van der Waals surface area contributed by atoms with E-state index in [2.05, 4.69) is 31.9 Å². The quantitative estimate of drug-likeness (QED) is 0.475. The summed E-state index contributed by atoms with van der Waals surface area (Å²) in [6.45, 7) is 4.68. The van der Waals surface area contributed by atoms with Crippen LogP contribution in [0, 0.1) is 0 Å². The van der Waals surface area contributed by atoms with E-state index in [0.29, 0.717) is 0 Å². The Kier molecular flexibility index (Phi) is 5.57. The highest BCUT2D eigenvalue weighted by molar-refractivity contribution is 9.27. The lowest BCUT2D eigenvalue weighted by Gasteiger charge is -2.20. The SMILES string of the molecule is C/C=C\C=C(\O)C(C)S(=O)(=O)C(C)(Br)Br. The van der Waals surface area contributed by atoms with Gasteiger partial charge < -0.3 is 5.11 Å². The second-order valence-electron chi connectivity index (χ2n) is 3.11. The minimum Gasteiger partial charge on any atom is -0.511 e. The maximum atomic E-state index is 11.8. The van der Waals surface area contributed by atoms with Crippen LogP contribution in [0.25, 0.3) is 0 Å². The number of hydrogen-bond donors (Lipinski definition) is 1. The Hall–Kier alpha value is 0.190. The lowest BCUT2D eigenvalue weighted by atomic mass is 10.3. The molecule has 0 aromatic rings. The van der Waals surface area contributed by atoms with Gasteiger partial charge in [-0.2, -0.15) is 0 Å². The largest absolute Gasteiger partial charge is 0.511 e. The van der Waals surface area contributed by atoms with Gasteiger partial charge in [0, 0.05) is 0 Å². The zero-order chi connectivity index (χ0) is 12.3. The highest BCUT2D eigenvalue weighted by atomic mass is 79.9. The molecule has 0 spiro atoms. The van der Waals surface area contributed by atoms with Gasteiger partial charge in [-0.05, 0) is 26.8 Å². The molecule has 0 aromatic heterocycles. The Morgan fingerprint density at radius 3 is 2.27 bits per heavy atom. The van der Waals surface area contributed by atoms with E-state index in [1.807, 2.05) is 0 Å². The first-order chi connectivity index (χ1) is 6.64. The molecule has 0 rings (SSSR count). The maximum Gasteiger partial charge on any atom is 0.185 e. The van der Waals surface area contributed by atoms with Crippen LogP contribution in [0.15, 0.2) is 24.0 Å². The average molecular weight is 362 g/mol. The van der Waals surface area contributed by atoms with Gasteiger partial charge in [-0.25, -0.2) is 8.42 Å². The molecule has 1 N–H and O–H groups in total. The molecule has 6 heteroatoms. The van der Waals surface area contributed by atoms with Gasteiger partial charge in [-0.3, -0.25) is 0 Å². The standard InChI is InChI=1S/C9H14Br2O3S/c1-4-5-6-8(12)7(2)15(13,14)9(3,10)11/h4-7,12H,1-3H3/b5-4-,8-6+. The summed E-state index contributed by atoms with van der Waals surface area (Å²) in [5, 5.41) is 8.58. The van der Waals surface area contributed by atoms with E-state index in [1.54, 1.807) is 19.1 Å². The summed E-state index contributed by atoms with van der Waals surface area (Å²) < 4.78 is 22.4. The van der Waals surface area contributed by atoms with E-state index < -0.39 is 17.7 Å². The number of rotatable bonds is 4. The first kappa shape index (κ1) is 15.2. The summed E-state index contributed by atoms with van der Waals surface area (Å²) in [5.74, 6) is -0.182. The van der Waals surface area contributed by atoms with Crippen molar-refractivity contribution in [3.05, 3.63) is 24.0 Å². The summed E-state index contributed by atoms with van der Waals surface area (Å²) in [4.78, 5) is 0. The van der Waals surface area contributed by atoms with Crippen molar-refractivity contribution in [3.63, 3.8) is 0 Å². The smallest absolute Gasteiger partial charge is 0.185 e. The Morgan fingerprint density at radius 1 is 1.47 bits per heavy atom. The molecular formula is C9H14Br2O3S. The Morgan fingerprint density at radius 2 is 1.93 bits per heavy atom. The van der Waals surface area contributed by atoms with Crippen molar-refractivity contribution < 1.29 is 13.5 Å². The normalized spacial score (nSPS) is 17.0. The zero-order valence-corrected chi connectivity index (χ0v) is 12.7. The molecule has 88 valence electrons. The zero-order valence-electron chi connectivity index (χ0n) is 8.74. The highest BCUT2D eigenvalue weighted by Crippen LogP contribution is 2.36. The fourth-order valence-corrected chi connectivity index (χ4v) is 3.50. The minimum absolute atomic E-state index is 0.182. The molecule has 0 aliphatic heterocycles. The van der Waals surface area contributed by atoms with Gasteiger partial charge in [-0.15, -0.1) is 0 Å². The molecule has 0 aliphatic carbocycles. The molecule has 0 bridgehead atoms. The second kappa shape index (κ2) is 5.50. The molecule has 1 unspecified atom stereocenters. The molecule has 0 aromatic carbocycles. The summed E-state index contributed by atoms with van der Waals surface area (Å²) in [6, 6.07) is 0. The summed E-state index contributed by atoms with van der Waals surface area (Å²) >= 11 is 6.02. The van der Waals surface area contributed by atoms with Gasteiger partial charge in [0.05, 0.1) is 0 Å². The fraction of sp³-hybridized carbons (Fsp3) is 0.556. The van der Waals surface area contributed by atoms with Crippen molar-refractivity contribution in [2.75, 3.05) is 0 Å². The first-order valence-corrected chi connectivity index (χ1v) is 7.41. The maximum absolute atomic E-state index is 11.8. The molecule has 0 aliphatic rings. The third kappa shape index (κ3) is 3.92. The van der Waals surface area contributed by atoms with E-state index in [1.165, 1.54) is 19.9 Å². The monoisotopic (exact) mass is 360 g/mol. The lowest BCUT2D eigenvalue weighted by Crippen LogP contribution is -2.32. The van der Waals surface area contributed by atoms with E-state index in [9.17, 15) is 13.5 Å². The van der Waals surface area contributed by atoms with Crippen LogP contribution in [0.4, 0.5) is 0 Å². The average Bonchev–Trinajstić information content (AvgIpc) is 2.10. The van der Waals surface area contributed by atoms with Gasteiger partial charge in [0.25, 0.3) is 0 Å². The molecule has 15 heavy (non-hydrogen) atoms. The van der Waals surface area contributed by atoms with E-state index >= 15 is 0 Å². The Bertz CT molecular complexity index is 363. The van der Waals surface area contributed by atoms with Gasteiger partial charge in [-0.1, -0.05) is 44.0 Å². The summed E-state index contributed by atoms with van der Waals surface area (Å²) in [5.41, 5.74) is 0. The van der Waals surface area contributed by atoms with Crippen LogP contribution < -0.4 is 0 Å². The van der Waals surface area contributed by atoms with E-state index in [4.69, 9.17) is 0 Å². The molecule has 0 fully saturated rings.